The number of carbonyl (C=O) groups is 2. The molecule has 0 radical (unpaired) electrons. The minimum atomic E-state index is -0.714. The number of nitrogens with one attached hydrogen (secondary N) is 2. The molecule has 5 nitrogen and oxygen atoms in total. The van der Waals surface area contributed by atoms with E-state index in [9.17, 15) is 9.59 Å². The average molecular weight is 238 g/mol. The number of carbonyl (C=O) groups excluding carboxylic acids is 2. The molecule has 1 rings (SSSR count). The van der Waals surface area contributed by atoms with Gasteiger partial charge in [-0.05, 0) is 12.1 Å². The molecular formula is C10H8ClN3O2. The number of rotatable bonds is 2. The molecule has 0 fully saturated rings. The second-order valence-electron chi connectivity index (χ2n) is 2.79. The number of anilines is 1. The molecule has 0 aromatic heterocycles. The lowest BCUT2D eigenvalue weighted by Crippen LogP contribution is -2.35. The monoisotopic (exact) mass is 237 g/mol. The zero-order valence-electron chi connectivity index (χ0n) is 8.16. The minimum absolute atomic E-state index is 0.298. The topological polar surface area (TPSA) is 82.0 Å². The predicted octanol–water partition coefficient (Wildman–Crippen LogP) is 1.45. The van der Waals surface area contributed by atoms with E-state index in [1.165, 1.54) is 0 Å². The van der Waals surface area contributed by atoms with Gasteiger partial charge in [-0.25, -0.2) is 4.79 Å². The summed E-state index contributed by atoms with van der Waals surface area (Å²) in [4.78, 5) is 22.0. The van der Waals surface area contributed by atoms with Crippen molar-refractivity contribution >= 4 is 29.2 Å². The van der Waals surface area contributed by atoms with E-state index in [1.54, 1.807) is 24.3 Å². The van der Waals surface area contributed by atoms with Crippen LogP contribution >= 0.6 is 11.6 Å². The third-order valence-electron chi connectivity index (χ3n) is 1.67. The molecule has 16 heavy (non-hydrogen) atoms. The number of nitriles is 1. The molecule has 0 aliphatic heterocycles. The van der Waals surface area contributed by atoms with Gasteiger partial charge in [0.25, 0.3) is 0 Å². The van der Waals surface area contributed by atoms with Crippen LogP contribution in [0.4, 0.5) is 10.5 Å². The van der Waals surface area contributed by atoms with Crippen molar-refractivity contribution in [1.29, 1.82) is 5.26 Å². The first kappa shape index (κ1) is 12.0. The summed E-state index contributed by atoms with van der Waals surface area (Å²) in [5.74, 6) is -0.901. The Morgan fingerprint density at radius 3 is 2.69 bits per heavy atom. The van der Waals surface area contributed by atoms with E-state index >= 15 is 0 Å². The van der Waals surface area contributed by atoms with Gasteiger partial charge in [0.05, 0.1) is 11.3 Å². The number of para-hydroxylation sites is 1. The van der Waals surface area contributed by atoms with E-state index in [1.807, 2.05) is 11.4 Å². The molecule has 0 aliphatic carbocycles. The normalized spacial score (nSPS) is 9.00. The highest BCUT2D eigenvalue weighted by molar-refractivity contribution is 6.28. The summed E-state index contributed by atoms with van der Waals surface area (Å²) >= 11 is 5.21. The SMILES string of the molecule is N#Cc1ccccc1NC(=O)NC(=O)CCl. The van der Waals surface area contributed by atoms with Gasteiger partial charge in [-0.3, -0.25) is 10.1 Å². The van der Waals surface area contributed by atoms with E-state index in [4.69, 9.17) is 16.9 Å². The highest BCUT2D eigenvalue weighted by Crippen LogP contribution is 2.12. The van der Waals surface area contributed by atoms with Crippen molar-refractivity contribution < 1.29 is 9.59 Å². The molecule has 0 saturated heterocycles. The van der Waals surface area contributed by atoms with Crippen LogP contribution in [-0.4, -0.2) is 17.8 Å². The molecule has 0 spiro atoms. The summed E-state index contributed by atoms with van der Waals surface area (Å²) in [7, 11) is 0. The van der Waals surface area contributed by atoms with Gasteiger partial charge in [0.1, 0.15) is 11.9 Å². The van der Waals surface area contributed by atoms with Crippen molar-refractivity contribution in [3.8, 4) is 6.07 Å². The Morgan fingerprint density at radius 2 is 2.06 bits per heavy atom. The standard InChI is InChI=1S/C10H8ClN3O2/c11-5-9(15)14-10(16)13-8-4-2-1-3-7(8)6-12/h1-4H,5H2,(H2,13,14,15,16). The first-order valence-electron chi connectivity index (χ1n) is 4.33. The molecule has 0 heterocycles. The van der Waals surface area contributed by atoms with Gasteiger partial charge in [0.15, 0.2) is 0 Å². The van der Waals surface area contributed by atoms with Crippen LogP contribution in [0.5, 0.6) is 0 Å². The van der Waals surface area contributed by atoms with Gasteiger partial charge < -0.3 is 5.32 Å². The summed E-state index contributed by atoms with van der Waals surface area (Å²) in [6.45, 7) is 0. The summed E-state index contributed by atoms with van der Waals surface area (Å²) in [5.41, 5.74) is 0.654. The Bertz CT molecular complexity index is 454. The Morgan fingerprint density at radius 1 is 1.38 bits per heavy atom. The quantitative estimate of drug-likeness (QED) is 0.764. The van der Waals surface area contributed by atoms with Gasteiger partial charge >= 0.3 is 6.03 Å². The number of urea groups is 1. The van der Waals surface area contributed by atoms with Gasteiger partial charge in [0, 0.05) is 0 Å². The maximum absolute atomic E-state index is 11.2. The molecule has 0 atom stereocenters. The molecule has 0 saturated carbocycles. The molecule has 0 aliphatic rings. The number of halogens is 1. The fraction of sp³-hybridized carbons (Fsp3) is 0.100. The molecule has 82 valence electrons. The van der Waals surface area contributed by atoms with E-state index in [-0.39, 0.29) is 5.88 Å². The van der Waals surface area contributed by atoms with Gasteiger partial charge in [-0.1, -0.05) is 12.1 Å². The smallest absolute Gasteiger partial charge is 0.306 e. The number of hydrogen-bond donors (Lipinski definition) is 2. The minimum Gasteiger partial charge on any atom is -0.306 e. The van der Waals surface area contributed by atoms with Gasteiger partial charge in [-0.2, -0.15) is 5.26 Å². The summed E-state index contributed by atoms with van der Waals surface area (Å²) in [6.07, 6.45) is 0. The summed E-state index contributed by atoms with van der Waals surface area (Å²) in [6, 6.07) is 7.65. The van der Waals surface area contributed by atoms with E-state index < -0.39 is 11.9 Å². The van der Waals surface area contributed by atoms with Crippen LogP contribution in [0.3, 0.4) is 0 Å². The van der Waals surface area contributed by atoms with Gasteiger partial charge in [-0.15, -0.1) is 11.6 Å². The second kappa shape index (κ2) is 5.73. The fourth-order valence-electron chi connectivity index (χ4n) is 1.00. The van der Waals surface area contributed by atoms with Crippen LogP contribution in [0.25, 0.3) is 0 Å². The Kier molecular flexibility index (Phi) is 4.30. The molecule has 6 heteroatoms. The molecule has 1 aromatic carbocycles. The lowest BCUT2D eigenvalue weighted by Gasteiger charge is -2.06. The number of alkyl halides is 1. The number of imide groups is 1. The van der Waals surface area contributed by atoms with E-state index in [0.29, 0.717) is 11.3 Å². The van der Waals surface area contributed by atoms with Crippen LogP contribution in [-0.2, 0) is 4.79 Å². The Balaban J connectivity index is 2.70. The van der Waals surface area contributed by atoms with Crippen molar-refractivity contribution in [1.82, 2.24) is 5.32 Å². The molecule has 3 amide bonds. The number of nitrogens with zero attached hydrogens (tertiary/aromatic N) is 1. The van der Waals surface area contributed by atoms with Crippen LogP contribution < -0.4 is 10.6 Å². The maximum atomic E-state index is 11.2. The predicted molar refractivity (Wildman–Crippen MR) is 59.0 cm³/mol. The van der Waals surface area contributed by atoms with Crippen molar-refractivity contribution in [3.05, 3.63) is 29.8 Å². The molecule has 0 bridgehead atoms. The fourth-order valence-corrected chi connectivity index (χ4v) is 1.07. The van der Waals surface area contributed by atoms with E-state index in [2.05, 4.69) is 5.32 Å². The van der Waals surface area contributed by atoms with Gasteiger partial charge in [0.2, 0.25) is 5.91 Å². The first-order valence-corrected chi connectivity index (χ1v) is 4.86. The Labute approximate surface area is 97.0 Å². The number of hydrogen-bond acceptors (Lipinski definition) is 3. The van der Waals surface area contributed by atoms with Crippen molar-refractivity contribution in [2.45, 2.75) is 0 Å². The molecule has 2 N–H and O–H groups in total. The first-order chi connectivity index (χ1) is 7.67. The molecular weight excluding hydrogens is 230 g/mol. The van der Waals surface area contributed by atoms with Crippen LogP contribution in [0, 0.1) is 11.3 Å². The van der Waals surface area contributed by atoms with Crippen molar-refractivity contribution in [2.75, 3.05) is 11.2 Å². The van der Waals surface area contributed by atoms with Crippen LogP contribution in [0.2, 0.25) is 0 Å². The third-order valence-corrected chi connectivity index (χ3v) is 1.91. The summed E-state index contributed by atoms with van der Waals surface area (Å²) in [5, 5.41) is 13.1. The second-order valence-corrected chi connectivity index (χ2v) is 3.06. The maximum Gasteiger partial charge on any atom is 0.325 e. The Hall–Kier alpha value is -2.06. The molecule has 0 unspecified atom stereocenters. The van der Waals surface area contributed by atoms with Crippen LogP contribution in [0.1, 0.15) is 5.56 Å². The average Bonchev–Trinajstić information content (AvgIpc) is 2.29. The lowest BCUT2D eigenvalue weighted by molar-refractivity contribution is -0.117. The van der Waals surface area contributed by atoms with Crippen molar-refractivity contribution in [2.24, 2.45) is 0 Å². The van der Waals surface area contributed by atoms with Crippen LogP contribution in [0.15, 0.2) is 24.3 Å². The third kappa shape index (κ3) is 3.26. The van der Waals surface area contributed by atoms with E-state index in [0.717, 1.165) is 0 Å². The zero-order valence-corrected chi connectivity index (χ0v) is 8.91. The highest BCUT2D eigenvalue weighted by atomic mass is 35.5. The number of benzene rings is 1. The lowest BCUT2D eigenvalue weighted by atomic mass is 10.2. The largest absolute Gasteiger partial charge is 0.325 e. The zero-order chi connectivity index (χ0) is 12.0. The van der Waals surface area contributed by atoms with Crippen molar-refractivity contribution in [3.63, 3.8) is 0 Å². The molecule has 1 aromatic rings. The number of amides is 3. The highest BCUT2D eigenvalue weighted by Gasteiger charge is 2.08. The summed E-state index contributed by atoms with van der Waals surface area (Å²) < 4.78 is 0.